The van der Waals surface area contributed by atoms with Crippen molar-refractivity contribution in [1.29, 1.82) is 0 Å². The Labute approximate surface area is 202 Å². The van der Waals surface area contributed by atoms with E-state index in [1.54, 1.807) is 0 Å². The van der Waals surface area contributed by atoms with Gasteiger partial charge in [-0.1, -0.05) is 50.2 Å². The Morgan fingerprint density at radius 1 is 1.16 bits per heavy atom. The maximum absolute atomic E-state index is 12.1. The van der Waals surface area contributed by atoms with Crippen LogP contribution in [0.15, 0.2) is 53.5 Å². The van der Waals surface area contributed by atoms with Gasteiger partial charge in [0.15, 0.2) is 5.96 Å². The van der Waals surface area contributed by atoms with Crippen molar-refractivity contribution in [2.75, 3.05) is 25.0 Å². The minimum atomic E-state index is 0. The molecule has 0 saturated heterocycles. The molecular weight excluding hydrogens is 503 g/mol. The van der Waals surface area contributed by atoms with E-state index >= 15 is 0 Å². The van der Waals surface area contributed by atoms with Crippen LogP contribution in [0.1, 0.15) is 44.2 Å². The molecule has 0 aromatic heterocycles. The van der Waals surface area contributed by atoms with Crippen LogP contribution in [0, 0.1) is 5.92 Å². The van der Waals surface area contributed by atoms with Crippen LogP contribution in [-0.2, 0) is 11.3 Å². The molecule has 3 rings (SSSR count). The molecule has 1 amide bonds. The molecule has 0 radical (unpaired) electrons. The molecule has 7 heteroatoms. The van der Waals surface area contributed by atoms with Crippen molar-refractivity contribution in [1.82, 2.24) is 10.6 Å². The lowest BCUT2D eigenvalue weighted by Gasteiger charge is -2.26. The molecule has 0 bridgehead atoms. The number of ether oxygens (including phenoxy) is 1. The zero-order valence-corrected chi connectivity index (χ0v) is 20.8. The average Bonchev–Trinajstić information content (AvgIpc) is 2.74. The Balaban J connectivity index is 0.00000341. The Hall–Kier alpha value is -2.29. The fraction of sp³-hybridized carbons (Fsp3) is 0.417. The second-order valence-corrected chi connectivity index (χ2v) is 7.93. The molecule has 1 atom stereocenters. The molecule has 2 aromatic carbocycles. The van der Waals surface area contributed by atoms with Gasteiger partial charge in [0.1, 0.15) is 5.75 Å². The van der Waals surface area contributed by atoms with E-state index < -0.39 is 0 Å². The first kappa shape index (κ1) is 25.0. The molecule has 6 nitrogen and oxygen atoms in total. The van der Waals surface area contributed by atoms with Crippen molar-refractivity contribution in [3.63, 3.8) is 0 Å². The summed E-state index contributed by atoms with van der Waals surface area (Å²) in [5.41, 5.74) is 3.12. The zero-order valence-electron chi connectivity index (χ0n) is 18.5. The van der Waals surface area contributed by atoms with Gasteiger partial charge in [0.25, 0.3) is 0 Å². The van der Waals surface area contributed by atoms with Crippen molar-refractivity contribution < 1.29 is 9.53 Å². The molecule has 168 valence electrons. The van der Waals surface area contributed by atoms with E-state index in [9.17, 15) is 4.79 Å². The van der Waals surface area contributed by atoms with Crippen molar-refractivity contribution in [3.8, 4) is 5.75 Å². The van der Waals surface area contributed by atoms with Gasteiger partial charge in [0.05, 0.1) is 13.2 Å². The molecule has 1 aliphatic rings. The third-order valence-corrected chi connectivity index (χ3v) is 4.92. The Morgan fingerprint density at radius 3 is 2.68 bits per heavy atom. The van der Waals surface area contributed by atoms with E-state index in [0.717, 1.165) is 35.1 Å². The minimum Gasteiger partial charge on any atom is -0.493 e. The summed E-state index contributed by atoms with van der Waals surface area (Å²) in [7, 11) is 0. The summed E-state index contributed by atoms with van der Waals surface area (Å²) >= 11 is 0. The van der Waals surface area contributed by atoms with Gasteiger partial charge in [-0.25, -0.2) is 4.99 Å². The van der Waals surface area contributed by atoms with Gasteiger partial charge >= 0.3 is 0 Å². The number of amides is 1. The molecule has 1 heterocycles. The predicted molar refractivity (Wildman–Crippen MR) is 137 cm³/mol. The molecule has 0 aliphatic carbocycles. The van der Waals surface area contributed by atoms with Gasteiger partial charge in [-0.2, -0.15) is 0 Å². The molecule has 0 saturated carbocycles. The van der Waals surface area contributed by atoms with Crippen LogP contribution in [0.3, 0.4) is 0 Å². The Morgan fingerprint density at radius 2 is 1.90 bits per heavy atom. The number of carbonyl (C=O) groups is 1. The fourth-order valence-corrected chi connectivity index (χ4v) is 3.44. The number of nitrogens with zero attached hydrogens (tertiary/aromatic N) is 1. The number of fused-ring (bicyclic) bond motifs is 1. The monoisotopic (exact) mass is 536 g/mol. The molecular formula is C24H33IN4O2. The van der Waals surface area contributed by atoms with E-state index in [1.165, 1.54) is 0 Å². The fourth-order valence-electron chi connectivity index (χ4n) is 3.44. The molecule has 1 unspecified atom stereocenters. The molecule has 0 fully saturated rings. The number of hydrogen-bond donors (Lipinski definition) is 3. The van der Waals surface area contributed by atoms with Gasteiger partial charge < -0.3 is 20.7 Å². The van der Waals surface area contributed by atoms with Crippen LogP contribution >= 0.6 is 24.0 Å². The summed E-state index contributed by atoms with van der Waals surface area (Å²) in [6.07, 6.45) is 0.468. The Bertz CT molecular complexity index is 885. The highest BCUT2D eigenvalue weighted by atomic mass is 127. The standard InChI is InChI=1S/C24H32N4O2.HI/c1-4-25-24(26-14-18-9-5-8-12-22(18)30-16-17(2)3)27-15-19-13-23(29)28-21-11-7-6-10-20(19)21;/h5-12,17,19H,4,13-16H2,1-3H3,(H,28,29)(H2,25,26,27);1H. The largest absolute Gasteiger partial charge is 0.493 e. The summed E-state index contributed by atoms with van der Waals surface area (Å²) < 4.78 is 5.94. The second-order valence-electron chi connectivity index (χ2n) is 7.93. The van der Waals surface area contributed by atoms with Crippen LogP contribution < -0.4 is 20.7 Å². The SMILES string of the molecule is CCNC(=NCc1ccccc1OCC(C)C)NCC1CC(=O)Nc2ccccc21.I. The zero-order chi connectivity index (χ0) is 21.3. The number of para-hydroxylation sites is 2. The summed E-state index contributed by atoms with van der Waals surface area (Å²) in [6, 6.07) is 16.0. The van der Waals surface area contributed by atoms with E-state index in [4.69, 9.17) is 9.73 Å². The minimum absolute atomic E-state index is 0. The van der Waals surface area contributed by atoms with E-state index in [0.29, 0.717) is 32.0 Å². The highest BCUT2D eigenvalue weighted by molar-refractivity contribution is 14.0. The molecule has 2 aromatic rings. The van der Waals surface area contributed by atoms with Crippen LogP contribution in [0.25, 0.3) is 0 Å². The lowest BCUT2D eigenvalue weighted by atomic mass is 9.90. The Kier molecular flexibility index (Phi) is 10.1. The number of rotatable bonds is 8. The van der Waals surface area contributed by atoms with Gasteiger partial charge in [-0.3, -0.25) is 4.79 Å². The number of aliphatic imine (C=N–C) groups is 1. The lowest BCUT2D eigenvalue weighted by Crippen LogP contribution is -2.40. The summed E-state index contributed by atoms with van der Waals surface area (Å²) in [5.74, 6) is 2.25. The number of guanidine groups is 1. The van der Waals surface area contributed by atoms with Crippen LogP contribution in [0.4, 0.5) is 5.69 Å². The van der Waals surface area contributed by atoms with Crippen LogP contribution in [0.2, 0.25) is 0 Å². The molecule has 0 spiro atoms. The van der Waals surface area contributed by atoms with Crippen molar-refractivity contribution in [3.05, 3.63) is 59.7 Å². The van der Waals surface area contributed by atoms with Gasteiger partial charge in [-0.05, 0) is 30.5 Å². The summed E-state index contributed by atoms with van der Waals surface area (Å²) in [6.45, 7) is 8.92. The summed E-state index contributed by atoms with van der Waals surface area (Å²) in [5, 5.41) is 9.65. The topological polar surface area (TPSA) is 74.8 Å². The maximum atomic E-state index is 12.1. The third kappa shape index (κ3) is 7.41. The van der Waals surface area contributed by atoms with Crippen molar-refractivity contribution >= 4 is 41.5 Å². The lowest BCUT2D eigenvalue weighted by molar-refractivity contribution is -0.116. The number of anilines is 1. The first-order valence-corrected chi connectivity index (χ1v) is 10.7. The van der Waals surface area contributed by atoms with E-state index in [2.05, 4.69) is 35.9 Å². The third-order valence-electron chi connectivity index (χ3n) is 4.92. The smallest absolute Gasteiger partial charge is 0.225 e. The number of benzene rings is 2. The number of halogens is 1. The molecule has 1 aliphatic heterocycles. The molecule has 3 N–H and O–H groups in total. The number of nitrogens with one attached hydrogen (secondary N) is 3. The van der Waals surface area contributed by atoms with Crippen LogP contribution in [-0.4, -0.2) is 31.6 Å². The second kappa shape index (κ2) is 12.5. The normalized spacial score (nSPS) is 15.5. The summed E-state index contributed by atoms with van der Waals surface area (Å²) in [4.78, 5) is 16.8. The highest BCUT2D eigenvalue weighted by Gasteiger charge is 2.24. The predicted octanol–water partition coefficient (Wildman–Crippen LogP) is 4.52. The van der Waals surface area contributed by atoms with Gasteiger partial charge in [-0.15, -0.1) is 24.0 Å². The first-order valence-electron chi connectivity index (χ1n) is 10.7. The van der Waals surface area contributed by atoms with E-state index in [-0.39, 0.29) is 35.8 Å². The quantitative estimate of drug-likeness (QED) is 0.264. The van der Waals surface area contributed by atoms with Gasteiger partial charge in [0, 0.05) is 36.7 Å². The van der Waals surface area contributed by atoms with Crippen molar-refractivity contribution in [2.45, 2.75) is 39.7 Å². The average molecular weight is 536 g/mol. The van der Waals surface area contributed by atoms with Crippen LogP contribution in [0.5, 0.6) is 5.75 Å². The number of hydrogen-bond acceptors (Lipinski definition) is 3. The van der Waals surface area contributed by atoms with E-state index in [1.807, 2.05) is 49.4 Å². The molecule has 31 heavy (non-hydrogen) atoms. The number of carbonyl (C=O) groups excluding carboxylic acids is 1. The maximum Gasteiger partial charge on any atom is 0.225 e. The first-order chi connectivity index (χ1) is 14.6. The highest BCUT2D eigenvalue weighted by Crippen LogP contribution is 2.31. The van der Waals surface area contributed by atoms with Crippen molar-refractivity contribution in [2.24, 2.45) is 10.9 Å². The van der Waals surface area contributed by atoms with Gasteiger partial charge in [0.2, 0.25) is 5.91 Å².